The number of ether oxygens (including phenoxy) is 1. The summed E-state index contributed by atoms with van der Waals surface area (Å²) in [6.07, 6.45) is 3.74. The van der Waals surface area contributed by atoms with Gasteiger partial charge in [-0.15, -0.1) is 0 Å². The molecule has 2 aliphatic carbocycles. The van der Waals surface area contributed by atoms with Crippen LogP contribution in [0.4, 0.5) is 4.79 Å². The van der Waals surface area contributed by atoms with Crippen LogP contribution in [0, 0.1) is 0 Å². The highest BCUT2D eigenvalue weighted by Crippen LogP contribution is 2.38. The van der Waals surface area contributed by atoms with Crippen LogP contribution in [0.1, 0.15) is 42.9 Å². The van der Waals surface area contributed by atoms with Crippen molar-refractivity contribution in [3.63, 3.8) is 0 Å². The predicted molar refractivity (Wildman–Crippen MR) is 80.3 cm³/mol. The summed E-state index contributed by atoms with van der Waals surface area (Å²) in [6, 6.07) is 8.71. The number of cyclic esters (lactones) is 1. The molecule has 1 heterocycles. The summed E-state index contributed by atoms with van der Waals surface area (Å²) in [7, 11) is 0. The number of rotatable bonds is 4. The zero-order valence-electron chi connectivity index (χ0n) is 12.5. The van der Waals surface area contributed by atoms with E-state index in [4.69, 9.17) is 4.74 Å². The minimum atomic E-state index is -0.320. The summed E-state index contributed by atoms with van der Waals surface area (Å²) in [6.45, 7) is 0.510. The van der Waals surface area contributed by atoms with E-state index < -0.39 is 0 Å². The summed E-state index contributed by atoms with van der Waals surface area (Å²) >= 11 is 0. The molecule has 5 nitrogen and oxygen atoms in total. The topological polar surface area (TPSA) is 58.6 Å². The third-order valence-corrected chi connectivity index (χ3v) is 4.74. The lowest BCUT2D eigenvalue weighted by Gasteiger charge is -2.22. The molecule has 3 aliphatic rings. The molecule has 0 spiro atoms. The molecule has 1 aliphatic heterocycles. The maximum Gasteiger partial charge on any atom is 0.410 e. The summed E-state index contributed by atoms with van der Waals surface area (Å²) in [5, 5.41) is 2.95. The van der Waals surface area contributed by atoms with Gasteiger partial charge in [0.1, 0.15) is 6.10 Å². The molecule has 0 bridgehead atoms. The van der Waals surface area contributed by atoms with Gasteiger partial charge in [0, 0.05) is 6.04 Å². The van der Waals surface area contributed by atoms with Crippen molar-refractivity contribution in [1.82, 2.24) is 10.2 Å². The fourth-order valence-corrected chi connectivity index (χ4v) is 3.48. The van der Waals surface area contributed by atoms with Gasteiger partial charge in [-0.25, -0.2) is 4.79 Å². The highest BCUT2D eigenvalue weighted by molar-refractivity contribution is 5.78. The SMILES string of the molecule is O=C(CC1CN(C2CCc3ccccc32)C(=O)O1)NC1CC1. The fourth-order valence-electron chi connectivity index (χ4n) is 3.48. The molecule has 2 amide bonds. The summed E-state index contributed by atoms with van der Waals surface area (Å²) < 4.78 is 5.40. The van der Waals surface area contributed by atoms with E-state index >= 15 is 0 Å². The first-order valence-electron chi connectivity index (χ1n) is 8.05. The van der Waals surface area contributed by atoms with Gasteiger partial charge in [0.05, 0.1) is 19.0 Å². The largest absolute Gasteiger partial charge is 0.444 e. The normalized spacial score (nSPS) is 26.7. The van der Waals surface area contributed by atoms with E-state index in [2.05, 4.69) is 17.4 Å². The molecule has 1 N–H and O–H groups in total. The van der Waals surface area contributed by atoms with Crippen LogP contribution in [0.25, 0.3) is 0 Å². The van der Waals surface area contributed by atoms with E-state index in [1.54, 1.807) is 4.90 Å². The second kappa shape index (κ2) is 5.30. The number of amides is 2. The van der Waals surface area contributed by atoms with Crippen molar-refractivity contribution in [2.75, 3.05) is 6.54 Å². The lowest BCUT2D eigenvalue weighted by molar-refractivity contribution is -0.122. The van der Waals surface area contributed by atoms with Crippen LogP contribution < -0.4 is 5.32 Å². The molecule has 1 saturated carbocycles. The average Bonchev–Trinajstić information content (AvgIpc) is 3.08. The standard InChI is InChI=1S/C17H20N2O3/c20-16(18-12-6-7-12)9-13-10-19(17(21)22-13)15-8-5-11-3-1-2-4-14(11)15/h1-4,12-13,15H,5-10H2,(H,18,20). The number of aryl methyl sites for hydroxylation is 1. The molecule has 2 fully saturated rings. The Hall–Kier alpha value is -2.04. The third kappa shape index (κ3) is 2.56. The van der Waals surface area contributed by atoms with Gasteiger partial charge in [-0.3, -0.25) is 9.69 Å². The molecule has 0 aromatic heterocycles. The second-order valence-electron chi connectivity index (χ2n) is 6.46. The van der Waals surface area contributed by atoms with Gasteiger partial charge in [-0.1, -0.05) is 24.3 Å². The monoisotopic (exact) mass is 300 g/mol. The van der Waals surface area contributed by atoms with Crippen molar-refractivity contribution in [2.24, 2.45) is 0 Å². The van der Waals surface area contributed by atoms with E-state index in [0.29, 0.717) is 12.6 Å². The van der Waals surface area contributed by atoms with Crippen LogP contribution in [0.2, 0.25) is 0 Å². The number of hydrogen-bond acceptors (Lipinski definition) is 3. The van der Waals surface area contributed by atoms with E-state index in [9.17, 15) is 9.59 Å². The number of nitrogens with one attached hydrogen (secondary N) is 1. The molecule has 1 aromatic carbocycles. The van der Waals surface area contributed by atoms with Gasteiger partial charge in [0.25, 0.3) is 0 Å². The van der Waals surface area contributed by atoms with Crippen LogP contribution >= 0.6 is 0 Å². The summed E-state index contributed by atoms with van der Waals surface area (Å²) in [5.74, 6) is -0.00558. The number of carbonyl (C=O) groups excluding carboxylic acids is 2. The predicted octanol–water partition coefficient (Wildman–Crippen LogP) is 2.16. The van der Waals surface area contributed by atoms with E-state index in [-0.39, 0.29) is 30.6 Å². The number of hydrogen-bond donors (Lipinski definition) is 1. The first-order valence-corrected chi connectivity index (χ1v) is 8.05. The highest BCUT2D eigenvalue weighted by Gasteiger charge is 2.40. The van der Waals surface area contributed by atoms with Crippen LogP contribution in [0.3, 0.4) is 0 Å². The Bertz CT molecular complexity index is 612. The fraction of sp³-hybridized carbons (Fsp3) is 0.529. The first kappa shape index (κ1) is 13.6. The van der Waals surface area contributed by atoms with Crippen LogP contribution in [0.5, 0.6) is 0 Å². The van der Waals surface area contributed by atoms with E-state index in [1.165, 1.54) is 11.1 Å². The number of nitrogens with zero attached hydrogens (tertiary/aromatic N) is 1. The average molecular weight is 300 g/mol. The Morgan fingerprint density at radius 1 is 1.27 bits per heavy atom. The van der Waals surface area contributed by atoms with Crippen molar-refractivity contribution < 1.29 is 14.3 Å². The molecule has 1 aromatic rings. The number of fused-ring (bicyclic) bond motifs is 1. The van der Waals surface area contributed by atoms with Gasteiger partial charge in [0.2, 0.25) is 5.91 Å². The van der Waals surface area contributed by atoms with Crippen molar-refractivity contribution in [2.45, 2.75) is 50.3 Å². The van der Waals surface area contributed by atoms with Crippen molar-refractivity contribution in [3.05, 3.63) is 35.4 Å². The molecular formula is C17H20N2O3. The minimum absolute atomic E-state index is 0.00558. The zero-order chi connectivity index (χ0) is 15.1. The first-order chi connectivity index (χ1) is 10.7. The van der Waals surface area contributed by atoms with Gasteiger partial charge in [-0.2, -0.15) is 0 Å². The van der Waals surface area contributed by atoms with Crippen molar-refractivity contribution in [1.29, 1.82) is 0 Å². The molecule has 5 heteroatoms. The maximum absolute atomic E-state index is 12.2. The lowest BCUT2D eigenvalue weighted by atomic mass is 10.1. The Kier molecular flexibility index (Phi) is 3.28. The Labute approximate surface area is 129 Å². The third-order valence-electron chi connectivity index (χ3n) is 4.74. The van der Waals surface area contributed by atoms with Gasteiger partial charge in [0.15, 0.2) is 0 Å². The number of benzene rings is 1. The van der Waals surface area contributed by atoms with E-state index in [0.717, 1.165) is 25.7 Å². The highest BCUT2D eigenvalue weighted by atomic mass is 16.6. The Morgan fingerprint density at radius 3 is 2.91 bits per heavy atom. The molecule has 2 atom stereocenters. The number of carbonyl (C=O) groups is 2. The molecule has 0 radical (unpaired) electrons. The summed E-state index contributed by atoms with van der Waals surface area (Å²) in [5.41, 5.74) is 2.54. The van der Waals surface area contributed by atoms with E-state index in [1.807, 2.05) is 12.1 Å². The quantitative estimate of drug-likeness (QED) is 0.927. The van der Waals surface area contributed by atoms with Gasteiger partial charge in [-0.05, 0) is 36.8 Å². The molecule has 4 rings (SSSR count). The molecule has 116 valence electrons. The van der Waals surface area contributed by atoms with Gasteiger partial charge >= 0.3 is 6.09 Å². The van der Waals surface area contributed by atoms with Crippen LogP contribution in [-0.2, 0) is 16.0 Å². The smallest absolute Gasteiger partial charge is 0.410 e. The molecule has 1 saturated heterocycles. The molecule has 2 unspecified atom stereocenters. The minimum Gasteiger partial charge on any atom is -0.444 e. The Morgan fingerprint density at radius 2 is 2.09 bits per heavy atom. The zero-order valence-corrected chi connectivity index (χ0v) is 12.5. The maximum atomic E-state index is 12.2. The molecule has 22 heavy (non-hydrogen) atoms. The van der Waals surface area contributed by atoms with Crippen molar-refractivity contribution in [3.8, 4) is 0 Å². The summed E-state index contributed by atoms with van der Waals surface area (Å²) in [4.78, 5) is 25.8. The van der Waals surface area contributed by atoms with Crippen LogP contribution in [-0.4, -0.2) is 35.6 Å². The second-order valence-corrected chi connectivity index (χ2v) is 6.46. The Balaban J connectivity index is 1.41. The van der Waals surface area contributed by atoms with Crippen LogP contribution in [0.15, 0.2) is 24.3 Å². The lowest BCUT2D eigenvalue weighted by Crippen LogP contribution is -2.32. The van der Waals surface area contributed by atoms with Gasteiger partial charge < -0.3 is 10.1 Å². The van der Waals surface area contributed by atoms with Crippen molar-refractivity contribution >= 4 is 12.0 Å². The molecular weight excluding hydrogens is 280 g/mol.